The summed E-state index contributed by atoms with van der Waals surface area (Å²) in [6.07, 6.45) is 2.20. The van der Waals surface area contributed by atoms with Gasteiger partial charge < -0.3 is 10.5 Å². The van der Waals surface area contributed by atoms with Gasteiger partial charge in [0.05, 0.1) is 16.9 Å². The number of amides is 1. The van der Waals surface area contributed by atoms with E-state index in [0.717, 1.165) is 13.1 Å². The van der Waals surface area contributed by atoms with Gasteiger partial charge in [0.15, 0.2) is 0 Å². The molecule has 1 fully saturated rings. The van der Waals surface area contributed by atoms with Crippen LogP contribution in [0.2, 0.25) is 10.3 Å². The lowest BCUT2D eigenvalue weighted by Crippen LogP contribution is -2.45. The molecule has 1 amide bonds. The van der Waals surface area contributed by atoms with Gasteiger partial charge in [0.1, 0.15) is 5.60 Å². The Bertz CT molecular complexity index is 504. The van der Waals surface area contributed by atoms with Gasteiger partial charge >= 0.3 is 6.09 Å². The number of hydrogen-bond donors (Lipinski definition) is 1. The average Bonchev–Trinajstić information content (AvgIpc) is 2.36. The van der Waals surface area contributed by atoms with Crippen LogP contribution in [0.4, 0.5) is 4.79 Å². The summed E-state index contributed by atoms with van der Waals surface area (Å²) in [5.74, 6) is 0. The monoisotopic (exact) mass is 318 g/mol. The van der Waals surface area contributed by atoms with Gasteiger partial charge in [-0.2, -0.15) is 0 Å². The van der Waals surface area contributed by atoms with Gasteiger partial charge in [0, 0.05) is 19.6 Å². The molecule has 0 bridgehead atoms. The van der Waals surface area contributed by atoms with Crippen molar-refractivity contribution in [1.82, 2.24) is 14.9 Å². The molecule has 1 saturated heterocycles. The van der Waals surface area contributed by atoms with Crippen LogP contribution in [0.3, 0.4) is 0 Å². The average molecular weight is 319 g/mol. The highest BCUT2D eigenvalue weighted by molar-refractivity contribution is 6.31. The zero-order chi connectivity index (χ0) is 14.8. The summed E-state index contributed by atoms with van der Waals surface area (Å²) in [5.41, 5.74) is 5.29. The second kappa shape index (κ2) is 6.11. The third kappa shape index (κ3) is 3.94. The zero-order valence-corrected chi connectivity index (χ0v) is 12.6. The number of carbonyl (C=O) groups excluding carboxylic acids is 1. The van der Waals surface area contributed by atoms with Crippen LogP contribution >= 0.6 is 23.2 Å². The van der Waals surface area contributed by atoms with Crippen LogP contribution in [-0.2, 0) is 11.3 Å². The molecule has 1 aliphatic rings. The van der Waals surface area contributed by atoms with Crippen molar-refractivity contribution in [2.24, 2.45) is 5.73 Å². The van der Waals surface area contributed by atoms with E-state index in [2.05, 4.69) is 14.9 Å². The summed E-state index contributed by atoms with van der Waals surface area (Å²) in [7, 11) is 0. The molecule has 1 aromatic heterocycles. The van der Waals surface area contributed by atoms with E-state index >= 15 is 0 Å². The lowest BCUT2D eigenvalue weighted by molar-refractivity contribution is -0.0200. The standard InChI is InChI=1S/C12H16Cl2N4O2/c1-12(20-11(15)19)2-4-18(5-3-12)7-9-8(13)6-16-10(14)17-9/h6H,2-5,7H2,1H3,(H2,15,19). The molecular formula is C12H16Cl2N4O2. The second-order valence-corrected chi connectivity index (χ2v) is 5.83. The van der Waals surface area contributed by atoms with Crippen molar-refractivity contribution >= 4 is 29.3 Å². The minimum atomic E-state index is -0.730. The molecule has 2 rings (SSSR count). The van der Waals surface area contributed by atoms with Crippen LogP contribution < -0.4 is 5.73 Å². The van der Waals surface area contributed by atoms with Crippen LogP contribution in [0.1, 0.15) is 25.5 Å². The quantitative estimate of drug-likeness (QED) is 0.864. The van der Waals surface area contributed by atoms with E-state index in [4.69, 9.17) is 33.7 Å². The molecule has 0 saturated carbocycles. The molecule has 0 aromatic carbocycles. The highest BCUT2D eigenvalue weighted by Gasteiger charge is 2.33. The fourth-order valence-corrected chi connectivity index (χ4v) is 2.53. The number of piperidine rings is 1. The Labute approximate surface area is 127 Å². The predicted molar refractivity (Wildman–Crippen MR) is 75.6 cm³/mol. The Kier molecular flexibility index (Phi) is 4.67. The number of rotatable bonds is 3. The Morgan fingerprint density at radius 1 is 1.50 bits per heavy atom. The van der Waals surface area contributed by atoms with Crippen LogP contribution in [0.25, 0.3) is 0 Å². The smallest absolute Gasteiger partial charge is 0.405 e. The van der Waals surface area contributed by atoms with E-state index in [0.29, 0.717) is 30.1 Å². The molecule has 0 atom stereocenters. The van der Waals surface area contributed by atoms with Crippen molar-refractivity contribution < 1.29 is 9.53 Å². The summed E-state index contributed by atoms with van der Waals surface area (Å²) in [6, 6.07) is 0. The number of carbonyl (C=O) groups is 1. The minimum Gasteiger partial charge on any atom is -0.443 e. The maximum absolute atomic E-state index is 10.9. The Morgan fingerprint density at radius 2 is 2.15 bits per heavy atom. The van der Waals surface area contributed by atoms with Crippen molar-refractivity contribution in [2.45, 2.75) is 31.9 Å². The lowest BCUT2D eigenvalue weighted by Gasteiger charge is -2.38. The van der Waals surface area contributed by atoms with Crippen LogP contribution in [0.5, 0.6) is 0 Å². The number of nitrogens with two attached hydrogens (primary N) is 1. The van der Waals surface area contributed by atoms with Gasteiger partial charge in [0.2, 0.25) is 5.28 Å². The van der Waals surface area contributed by atoms with Crippen molar-refractivity contribution in [1.29, 1.82) is 0 Å². The summed E-state index contributed by atoms with van der Waals surface area (Å²) in [4.78, 5) is 21.0. The number of likely N-dealkylation sites (tertiary alicyclic amines) is 1. The van der Waals surface area contributed by atoms with Gasteiger partial charge in [-0.15, -0.1) is 0 Å². The molecule has 6 nitrogen and oxygen atoms in total. The molecule has 2 N–H and O–H groups in total. The van der Waals surface area contributed by atoms with E-state index < -0.39 is 11.7 Å². The first-order chi connectivity index (χ1) is 9.38. The van der Waals surface area contributed by atoms with Crippen molar-refractivity contribution in [3.63, 3.8) is 0 Å². The van der Waals surface area contributed by atoms with Gasteiger partial charge in [0.25, 0.3) is 0 Å². The fourth-order valence-electron chi connectivity index (χ4n) is 2.23. The van der Waals surface area contributed by atoms with Crippen LogP contribution in [0.15, 0.2) is 6.20 Å². The van der Waals surface area contributed by atoms with E-state index in [9.17, 15) is 4.79 Å². The molecule has 2 heterocycles. The maximum Gasteiger partial charge on any atom is 0.405 e. The first kappa shape index (κ1) is 15.3. The van der Waals surface area contributed by atoms with E-state index in [-0.39, 0.29) is 5.28 Å². The van der Waals surface area contributed by atoms with E-state index in [1.165, 1.54) is 6.20 Å². The summed E-state index contributed by atoms with van der Waals surface area (Å²) < 4.78 is 5.16. The SMILES string of the molecule is CC1(OC(N)=O)CCN(Cc2nc(Cl)ncc2Cl)CC1. The van der Waals surface area contributed by atoms with Gasteiger partial charge in [-0.1, -0.05) is 11.6 Å². The number of halogens is 2. The third-order valence-corrected chi connectivity index (χ3v) is 3.92. The molecule has 1 aliphatic heterocycles. The maximum atomic E-state index is 10.9. The Balaban J connectivity index is 1.94. The largest absolute Gasteiger partial charge is 0.443 e. The van der Waals surface area contributed by atoms with E-state index in [1.807, 2.05) is 6.92 Å². The van der Waals surface area contributed by atoms with Crippen LogP contribution in [0, 0.1) is 0 Å². The topological polar surface area (TPSA) is 81.3 Å². The van der Waals surface area contributed by atoms with Gasteiger partial charge in [-0.25, -0.2) is 14.8 Å². The molecule has 0 unspecified atom stereocenters. The molecule has 0 spiro atoms. The van der Waals surface area contributed by atoms with Crippen molar-refractivity contribution in [2.75, 3.05) is 13.1 Å². The third-order valence-electron chi connectivity index (χ3n) is 3.42. The summed E-state index contributed by atoms with van der Waals surface area (Å²) in [5, 5.41) is 0.680. The van der Waals surface area contributed by atoms with Crippen molar-refractivity contribution in [3.8, 4) is 0 Å². The Hall–Kier alpha value is -1.11. The first-order valence-electron chi connectivity index (χ1n) is 6.26. The molecule has 20 heavy (non-hydrogen) atoms. The molecule has 0 radical (unpaired) electrons. The van der Waals surface area contributed by atoms with Crippen molar-refractivity contribution in [3.05, 3.63) is 22.2 Å². The lowest BCUT2D eigenvalue weighted by atomic mass is 9.93. The second-order valence-electron chi connectivity index (χ2n) is 5.08. The predicted octanol–water partition coefficient (Wildman–Crippen LogP) is 2.23. The molecule has 1 aromatic rings. The minimum absolute atomic E-state index is 0.184. The highest BCUT2D eigenvalue weighted by atomic mass is 35.5. The number of hydrogen-bond acceptors (Lipinski definition) is 5. The number of aromatic nitrogens is 2. The van der Waals surface area contributed by atoms with Gasteiger partial charge in [-0.3, -0.25) is 4.90 Å². The first-order valence-corrected chi connectivity index (χ1v) is 7.01. The summed E-state index contributed by atoms with van der Waals surface area (Å²) in [6.45, 7) is 4.01. The normalized spacial score (nSPS) is 18.8. The molecular weight excluding hydrogens is 303 g/mol. The number of primary amides is 1. The van der Waals surface area contributed by atoms with Crippen LogP contribution in [-0.4, -0.2) is 39.7 Å². The Morgan fingerprint density at radius 3 is 2.75 bits per heavy atom. The molecule has 0 aliphatic carbocycles. The zero-order valence-electron chi connectivity index (χ0n) is 11.1. The van der Waals surface area contributed by atoms with Gasteiger partial charge in [-0.05, 0) is 31.4 Å². The number of nitrogens with zero attached hydrogens (tertiary/aromatic N) is 3. The molecule has 8 heteroatoms. The molecule has 110 valence electrons. The van der Waals surface area contributed by atoms with E-state index in [1.54, 1.807) is 0 Å². The number of ether oxygens (including phenoxy) is 1. The summed E-state index contributed by atoms with van der Waals surface area (Å²) >= 11 is 11.8. The fraction of sp³-hybridized carbons (Fsp3) is 0.583. The highest BCUT2D eigenvalue weighted by Crippen LogP contribution is 2.27.